The number of anilines is 1. The molecule has 2 aromatic heterocycles. The summed E-state index contributed by atoms with van der Waals surface area (Å²) in [7, 11) is 1.11. The molecule has 0 bridgehead atoms. The van der Waals surface area contributed by atoms with Crippen molar-refractivity contribution in [3.05, 3.63) is 28.5 Å². The van der Waals surface area contributed by atoms with Crippen LogP contribution in [-0.2, 0) is 19.1 Å². The Labute approximate surface area is 157 Å². The summed E-state index contributed by atoms with van der Waals surface area (Å²) >= 11 is 2.60. The highest BCUT2D eigenvalue weighted by molar-refractivity contribution is 7.17. The van der Waals surface area contributed by atoms with Crippen molar-refractivity contribution in [3.63, 3.8) is 0 Å². The SMILES string of the molecule is COC(=O)NC(=O)[C@@H](C)OC(=O)c1c(-c2cccs2)csc1NC(C)=O. The lowest BCUT2D eigenvalue weighted by molar-refractivity contribution is -0.128. The molecule has 26 heavy (non-hydrogen) atoms. The van der Waals surface area contributed by atoms with Gasteiger partial charge in [-0.2, -0.15) is 0 Å². The molecule has 1 atom stereocenters. The number of nitrogens with one attached hydrogen (secondary N) is 2. The molecule has 2 N–H and O–H groups in total. The summed E-state index contributed by atoms with van der Waals surface area (Å²) in [6.45, 7) is 2.65. The molecule has 2 heterocycles. The molecular weight excluding hydrogens is 380 g/mol. The van der Waals surface area contributed by atoms with Gasteiger partial charge in [0.05, 0.1) is 7.11 Å². The number of thiophene rings is 2. The zero-order valence-corrected chi connectivity index (χ0v) is 15.8. The van der Waals surface area contributed by atoms with Gasteiger partial charge in [0, 0.05) is 22.7 Å². The van der Waals surface area contributed by atoms with Crippen LogP contribution in [0.2, 0.25) is 0 Å². The molecule has 0 unspecified atom stereocenters. The molecule has 3 amide bonds. The zero-order chi connectivity index (χ0) is 19.3. The predicted octanol–water partition coefficient (Wildman–Crippen LogP) is 2.86. The fraction of sp³-hybridized carbons (Fsp3) is 0.250. The van der Waals surface area contributed by atoms with Crippen molar-refractivity contribution in [1.29, 1.82) is 0 Å². The van der Waals surface area contributed by atoms with Gasteiger partial charge >= 0.3 is 12.1 Å². The van der Waals surface area contributed by atoms with E-state index in [4.69, 9.17) is 4.74 Å². The quantitative estimate of drug-likeness (QED) is 0.752. The van der Waals surface area contributed by atoms with E-state index in [0.29, 0.717) is 10.6 Å². The molecule has 0 spiro atoms. The van der Waals surface area contributed by atoms with Crippen LogP contribution in [0.4, 0.5) is 9.80 Å². The van der Waals surface area contributed by atoms with Crippen LogP contribution >= 0.6 is 22.7 Å². The highest BCUT2D eigenvalue weighted by Crippen LogP contribution is 2.38. The monoisotopic (exact) mass is 396 g/mol. The summed E-state index contributed by atoms with van der Waals surface area (Å²) in [5.74, 6) is -1.94. The van der Waals surface area contributed by atoms with Crippen molar-refractivity contribution in [3.8, 4) is 10.4 Å². The minimum atomic E-state index is -1.23. The van der Waals surface area contributed by atoms with Crippen molar-refractivity contribution in [2.24, 2.45) is 0 Å². The van der Waals surface area contributed by atoms with Gasteiger partial charge < -0.3 is 14.8 Å². The molecule has 138 valence electrons. The van der Waals surface area contributed by atoms with Crippen molar-refractivity contribution in [2.45, 2.75) is 20.0 Å². The van der Waals surface area contributed by atoms with Crippen LogP contribution in [0.15, 0.2) is 22.9 Å². The topological polar surface area (TPSA) is 111 Å². The van der Waals surface area contributed by atoms with Gasteiger partial charge in [0.1, 0.15) is 10.6 Å². The summed E-state index contributed by atoms with van der Waals surface area (Å²) in [6, 6.07) is 3.66. The summed E-state index contributed by atoms with van der Waals surface area (Å²) in [5, 5.41) is 8.42. The van der Waals surface area contributed by atoms with Crippen LogP contribution in [0.3, 0.4) is 0 Å². The first-order chi connectivity index (χ1) is 12.3. The fourth-order valence-electron chi connectivity index (χ4n) is 1.95. The maximum atomic E-state index is 12.6. The van der Waals surface area contributed by atoms with Crippen molar-refractivity contribution >= 4 is 51.6 Å². The fourth-order valence-corrected chi connectivity index (χ4v) is 3.77. The van der Waals surface area contributed by atoms with E-state index in [0.717, 1.165) is 12.0 Å². The lowest BCUT2D eigenvalue weighted by atomic mass is 10.1. The highest BCUT2D eigenvalue weighted by atomic mass is 32.1. The van der Waals surface area contributed by atoms with Gasteiger partial charge in [-0.25, -0.2) is 9.59 Å². The third kappa shape index (κ3) is 4.67. The van der Waals surface area contributed by atoms with E-state index < -0.39 is 24.1 Å². The van der Waals surface area contributed by atoms with E-state index in [9.17, 15) is 19.2 Å². The highest BCUT2D eigenvalue weighted by Gasteiger charge is 2.27. The first kappa shape index (κ1) is 19.6. The van der Waals surface area contributed by atoms with Gasteiger partial charge in [-0.1, -0.05) is 6.07 Å². The zero-order valence-electron chi connectivity index (χ0n) is 14.2. The third-order valence-corrected chi connectivity index (χ3v) is 4.93. The van der Waals surface area contributed by atoms with E-state index in [2.05, 4.69) is 10.1 Å². The molecule has 8 nitrogen and oxygen atoms in total. The number of hydrogen-bond donors (Lipinski definition) is 2. The van der Waals surface area contributed by atoms with Crippen LogP contribution < -0.4 is 10.6 Å². The van der Waals surface area contributed by atoms with Crippen molar-refractivity contribution in [2.75, 3.05) is 12.4 Å². The summed E-state index contributed by atoms with van der Waals surface area (Å²) in [4.78, 5) is 47.8. The number of carbonyl (C=O) groups is 4. The van der Waals surface area contributed by atoms with Gasteiger partial charge in [-0.05, 0) is 18.4 Å². The van der Waals surface area contributed by atoms with Crippen LogP contribution in [0.1, 0.15) is 24.2 Å². The number of hydrogen-bond acceptors (Lipinski definition) is 8. The maximum absolute atomic E-state index is 12.6. The number of imide groups is 1. The average molecular weight is 396 g/mol. The molecule has 2 rings (SSSR count). The number of ether oxygens (including phenoxy) is 2. The molecule has 0 saturated carbocycles. The molecule has 2 aromatic rings. The van der Waals surface area contributed by atoms with E-state index in [1.54, 1.807) is 5.38 Å². The number of rotatable bonds is 5. The molecule has 10 heteroatoms. The van der Waals surface area contributed by atoms with E-state index >= 15 is 0 Å². The molecular formula is C16H16N2O6S2. The number of esters is 1. The lowest BCUT2D eigenvalue weighted by Gasteiger charge is -2.13. The predicted molar refractivity (Wildman–Crippen MR) is 97.4 cm³/mol. The first-order valence-corrected chi connectivity index (χ1v) is 9.12. The Hall–Kier alpha value is -2.72. The summed E-state index contributed by atoms with van der Waals surface area (Å²) < 4.78 is 9.49. The Morgan fingerprint density at radius 3 is 2.50 bits per heavy atom. The van der Waals surface area contributed by atoms with Crippen LogP contribution in [0.25, 0.3) is 10.4 Å². The molecule has 0 fully saturated rings. The Kier molecular flexibility index (Phi) is 6.47. The third-order valence-electron chi connectivity index (χ3n) is 3.14. The van der Waals surface area contributed by atoms with E-state index in [-0.39, 0.29) is 11.5 Å². The van der Waals surface area contributed by atoms with Gasteiger partial charge in [0.15, 0.2) is 6.10 Å². The maximum Gasteiger partial charge on any atom is 0.413 e. The smallest absolute Gasteiger partial charge is 0.413 e. The van der Waals surface area contributed by atoms with Gasteiger partial charge in [0.2, 0.25) is 5.91 Å². The number of methoxy groups -OCH3 is 1. The molecule has 0 radical (unpaired) electrons. The molecule has 0 aromatic carbocycles. The van der Waals surface area contributed by atoms with Gasteiger partial charge in [-0.3, -0.25) is 14.9 Å². The average Bonchev–Trinajstić information content (AvgIpc) is 3.23. The minimum absolute atomic E-state index is 0.158. The van der Waals surface area contributed by atoms with E-state index in [1.165, 1.54) is 36.5 Å². The van der Waals surface area contributed by atoms with Gasteiger partial charge in [-0.15, -0.1) is 22.7 Å². The largest absolute Gasteiger partial charge is 0.453 e. The molecule has 0 saturated heterocycles. The Balaban J connectivity index is 2.26. The number of carbonyl (C=O) groups excluding carboxylic acids is 4. The summed E-state index contributed by atoms with van der Waals surface area (Å²) in [6.07, 6.45) is -2.19. The minimum Gasteiger partial charge on any atom is -0.453 e. The second kappa shape index (κ2) is 8.59. The molecule has 0 aliphatic heterocycles. The Bertz CT molecular complexity index is 828. The van der Waals surface area contributed by atoms with Crippen LogP contribution in [0.5, 0.6) is 0 Å². The van der Waals surface area contributed by atoms with Crippen LogP contribution in [0, 0.1) is 0 Å². The van der Waals surface area contributed by atoms with E-state index in [1.807, 2.05) is 22.8 Å². The lowest BCUT2D eigenvalue weighted by Crippen LogP contribution is -2.39. The van der Waals surface area contributed by atoms with Crippen molar-refractivity contribution < 1.29 is 28.7 Å². The second-order valence-corrected chi connectivity index (χ2v) is 6.87. The number of amides is 3. The normalized spacial score (nSPS) is 11.3. The first-order valence-electron chi connectivity index (χ1n) is 7.36. The molecule has 0 aliphatic carbocycles. The molecule has 0 aliphatic rings. The standard InChI is InChI=1S/C16H16N2O6S2/c1-8(13(20)18-16(22)23-3)24-15(21)12-10(11-5-4-6-25-11)7-26-14(12)17-9(2)19/h4-8H,1-3H3,(H,17,19)(H,18,20,22)/t8-/m1/s1. The van der Waals surface area contributed by atoms with Crippen LogP contribution in [-0.4, -0.2) is 37.1 Å². The van der Waals surface area contributed by atoms with Crippen molar-refractivity contribution in [1.82, 2.24) is 5.32 Å². The summed E-state index contributed by atoms with van der Waals surface area (Å²) in [5.41, 5.74) is 0.754. The number of alkyl carbamates (subject to hydrolysis) is 1. The Morgan fingerprint density at radius 2 is 1.92 bits per heavy atom. The second-order valence-electron chi connectivity index (χ2n) is 5.04. The van der Waals surface area contributed by atoms with Gasteiger partial charge in [0.25, 0.3) is 5.91 Å². The Morgan fingerprint density at radius 1 is 1.19 bits per heavy atom.